The van der Waals surface area contributed by atoms with Crippen molar-refractivity contribution >= 4 is 10.6 Å². The Hall–Kier alpha value is 0.270. The van der Waals surface area contributed by atoms with Gasteiger partial charge in [-0.1, -0.05) is 27.7 Å². The van der Waals surface area contributed by atoms with Gasteiger partial charge in [0.2, 0.25) is 0 Å². The molecule has 0 aliphatic heterocycles. The van der Waals surface area contributed by atoms with E-state index in [0.717, 1.165) is 11.5 Å². The zero-order chi connectivity index (χ0) is 10.5. The molecule has 0 bridgehead atoms. The number of hydrogen-bond acceptors (Lipinski definition) is 2. The van der Waals surface area contributed by atoms with Crippen LogP contribution in [0.5, 0.6) is 0 Å². The van der Waals surface area contributed by atoms with Crippen LogP contribution in [0.25, 0.3) is 0 Å². The summed E-state index contributed by atoms with van der Waals surface area (Å²) >= 11 is 0. The first kappa shape index (κ1) is 13.3. The van der Waals surface area contributed by atoms with Crippen LogP contribution in [0, 0.1) is 11.8 Å². The fourth-order valence-corrected chi connectivity index (χ4v) is 4.27. The van der Waals surface area contributed by atoms with Gasteiger partial charge in [-0.2, -0.15) is 10.6 Å². The van der Waals surface area contributed by atoms with Crippen LogP contribution in [-0.2, 0) is 8.37 Å². The van der Waals surface area contributed by atoms with Crippen molar-refractivity contribution in [1.82, 2.24) is 0 Å². The molecule has 0 saturated carbocycles. The highest BCUT2D eigenvalue weighted by atomic mass is 32.3. The van der Waals surface area contributed by atoms with Gasteiger partial charge in [0.15, 0.2) is 0 Å². The van der Waals surface area contributed by atoms with Gasteiger partial charge in [0.1, 0.15) is 0 Å². The second kappa shape index (κ2) is 5.89. The number of rotatable bonds is 6. The lowest BCUT2D eigenvalue weighted by atomic mass is 10.3. The summed E-state index contributed by atoms with van der Waals surface area (Å²) in [5, 5.41) is 0. The van der Waals surface area contributed by atoms with Crippen molar-refractivity contribution in [2.24, 2.45) is 11.8 Å². The quantitative estimate of drug-likeness (QED) is 0.667. The minimum absolute atomic E-state index is 0.633. The lowest BCUT2D eigenvalue weighted by Crippen LogP contribution is -2.19. The smallest absolute Gasteiger partial charge is 0.0604 e. The highest BCUT2D eigenvalue weighted by molar-refractivity contribution is 8.25. The van der Waals surface area contributed by atoms with E-state index in [0.29, 0.717) is 11.8 Å². The largest absolute Gasteiger partial charge is 0.288 e. The molecule has 82 valence electrons. The maximum Gasteiger partial charge on any atom is 0.0604 e. The van der Waals surface area contributed by atoms with E-state index in [2.05, 4.69) is 27.7 Å². The topological polar surface area (TPSA) is 18.5 Å². The molecular formula is C10H24O2S. The molecule has 0 amide bonds. The van der Waals surface area contributed by atoms with Crippen molar-refractivity contribution in [1.29, 1.82) is 0 Å². The van der Waals surface area contributed by atoms with Crippen molar-refractivity contribution in [3.05, 3.63) is 0 Å². The molecule has 0 fully saturated rings. The lowest BCUT2D eigenvalue weighted by Gasteiger charge is -2.43. The van der Waals surface area contributed by atoms with E-state index >= 15 is 0 Å². The van der Waals surface area contributed by atoms with Crippen LogP contribution in [0.3, 0.4) is 0 Å². The van der Waals surface area contributed by atoms with Gasteiger partial charge in [-0.3, -0.25) is 8.37 Å². The van der Waals surface area contributed by atoms with Crippen molar-refractivity contribution in [2.75, 3.05) is 25.7 Å². The van der Waals surface area contributed by atoms with Gasteiger partial charge >= 0.3 is 0 Å². The van der Waals surface area contributed by atoms with Crippen LogP contribution >= 0.6 is 10.6 Å². The Morgan fingerprint density at radius 1 is 0.846 bits per heavy atom. The fraction of sp³-hybridized carbons (Fsp3) is 1.00. The van der Waals surface area contributed by atoms with E-state index in [1.165, 1.54) is 0 Å². The summed E-state index contributed by atoms with van der Waals surface area (Å²) in [5.74, 6) is 3.35. The summed E-state index contributed by atoms with van der Waals surface area (Å²) in [6, 6.07) is 0. The minimum atomic E-state index is -1.27. The molecular weight excluding hydrogens is 184 g/mol. The zero-order valence-corrected chi connectivity index (χ0v) is 10.6. The molecule has 2 nitrogen and oxygen atoms in total. The molecule has 0 aromatic rings. The Labute approximate surface area is 84.7 Å². The van der Waals surface area contributed by atoms with Crippen LogP contribution in [-0.4, -0.2) is 25.7 Å². The highest BCUT2D eigenvalue weighted by Gasteiger charge is 2.21. The van der Waals surface area contributed by atoms with E-state index in [-0.39, 0.29) is 0 Å². The molecule has 0 heterocycles. The van der Waals surface area contributed by atoms with Crippen LogP contribution in [0.4, 0.5) is 0 Å². The van der Waals surface area contributed by atoms with Gasteiger partial charge in [0.05, 0.1) is 14.2 Å². The molecule has 0 aromatic carbocycles. The monoisotopic (exact) mass is 208 g/mol. The van der Waals surface area contributed by atoms with E-state index < -0.39 is 10.6 Å². The van der Waals surface area contributed by atoms with E-state index in [1.54, 1.807) is 14.2 Å². The second-order valence-corrected chi connectivity index (χ2v) is 7.02. The molecule has 0 N–H and O–H groups in total. The first-order chi connectivity index (χ1) is 5.95. The van der Waals surface area contributed by atoms with Gasteiger partial charge in [0, 0.05) is 11.5 Å². The van der Waals surface area contributed by atoms with Gasteiger partial charge in [0.25, 0.3) is 0 Å². The molecule has 0 spiro atoms. The SMILES string of the molecule is COS(CC(C)C)(CC(C)C)OC. The molecule has 13 heavy (non-hydrogen) atoms. The molecule has 0 aliphatic carbocycles. The van der Waals surface area contributed by atoms with E-state index in [4.69, 9.17) is 8.37 Å². The van der Waals surface area contributed by atoms with Gasteiger partial charge < -0.3 is 0 Å². The summed E-state index contributed by atoms with van der Waals surface area (Å²) in [4.78, 5) is 0. The lowest BCUT2D eigenvalue weighted by molar-refractivity contribution is 0.337. The summed E-state index contributed by atoms with van der Waals surface area (Å²) in [6.45, 7) is 8.83. The Morgan fingerprint density at radius 2 is 1.15 bits per heavy atom. The van der Waals surface area contributed by atoms with Crippen LogP contribution in [0.2, 0.25) is 0 Å². The summed E-state index contributed by atoms with van der Waals surface area (Å²) < 4.78 is 11.1. The summed E-state index contributed by atoms with van der Waals surface area (Å²) in [5.41, 5.74) is 0. The third-order valence-electron chi connectivity index (χ3n) is 1.78. The maximum absolute atomic E-state index is 5.57. The molecule has 0 atom stereocenters. The normalized spacial score (nSPS) is 14.2. The van der Waals surface area contributed by atoms with Crippen LogP contribution < -0.4 is 0 Å². The summed E-state index contributed by atoms with van der Waals surface area (Å²) in [7, 11) is 2.26. The van der Waals surface area contributed by atoms with Gasteiger partial charge in [-0.15, -0.1) is 0 Å². The molecule has 0 radical (unpaired) electrons. The van der Waals surface area contributed by atoms with Crippen molar-refractivity contribution in [3.8, 4) is 0 Å². The Bertz CT molecular complexity index is 119. The Kier molecular flexibility index (Phi) is 6.01. The van der Waals surface area contributed by atoms with E-state index in [1.807, 2.05) is 0 Å². The standard InChI is InChI=1S/C10H24O2S/c1-9(2)7-13(11-5,12-6)8-10(3)4/h9-10H,7-8H2,1-6H3. The molecule has 0 aliphatic rings. The molecule has 0 saturated heterocycles. The van der Waals surface area contributed by atoms with Gasteiger partial charge in [-0.25, -0.2) is 0 Å². The van der Waals surface area contributed by atoms with Crippen molar-refractivity contribution in [3.63, 3.8) is 0 Å². The van der Waals surface area contributed by atoms with Crippen LogP contribution in [0.15, 0.2) is 0 Å². The average molecular weight is 208 g/mol. The Morgan fingerprint density at radius 3 is 1.31 bits per heavy atom. The average Bonchev–Trinajstić information content (AvgIpc) is 2.01. The minimum Gasteiger partial charge on any atom is -0.288 e. The Balaban J connectivity index is 4.30. The molecule has 0 rings (SSSR count). The second-order valence-electron chi connectivity index (χ2n) is 4.20. The first-order valence-corrected chi connectivity index (χ1v) is 6.67. The third kappa shape index (κ3) is 4.89. The van der Waals surface area contributed by atoms with Crippen LogP contribution in [0.1, 0.15) is 27.7 Å². The molecule has 3 heteroatoms. The molecule has 0 unspecified atom stereocenters. The van der Waals surface area contributed by atoms with E-state index in [9.17, 15) is 0 Å². The third-order valence-corrected chi connectivity index (χ3v) is 5.35. The number of hydrogen-bond donors (Lipinski definition) is 0. The molecule has 0 aromatic heterocycles. The highest BCUT2D eigenvalue weighted by Crippen LogP contribution is 2.51. The predicted octanol–water partition coefficient (Wildman–Crippen LogP) is 3.23. The first-order valence-electron chi connectivity index (χ1n) is 4.85. The fourth-order valence-electron chi connectivity index (χ4n) is 1.42. The van der Waals surface area contributed by atoms with Gasteiger partial charge in [-0.05, 0) is 11.8 Å². The summed E-state index contributed by atoms with van der Waals surface area (Å²) in [6.07, 6.45) is 0. The van der Waals surface area contributed by atoms with Crippen molar-refractivity contribution in [2.45, 2.75) is 27.7 Å². The predicted molar refractivity (Wildman–Crippen MR) is 61.0 cm³/mol. The maximum atomic E-state index is 5.57. The van der Waals surface area contributed by atoms with Crippen molar-refractivity contribution < 1.29 is 8.37 Å². The zero-order valence-electron chi connectivity index (χ0n) is 9.79.